The van der Waals surface area contributed by atoms with Crippen LogP contribution in [0.3, 0.4) is 0 Å². The van der Waals surface area contributed by atoms with Crippen molar-refractivity contribution in [3.05, 3.63) is 17.5 Å². The number of carboxylic acids is 1. The fourth-order valence-electron chi connectivity index (χ4n) is 1.11. The monoisotopic (exact) mass is 210 g/mol. The molecule has 0 bridgehead atoms. The molecule has 0 aliphatic heterocycles. The lowest BCUT2D eigenvalue weighted by Gasteiger charge is -2.01. The molecular formula is C9H10N2O4. The summed E-state index contributed by atoms with van der Waals surface area (Å²) < 4.78 is 0. The van der Waals surface area contributed by atoms with E-state index >= 15 is 0 Å². The largest absolute Gasteiger partial charge is 0.478 e. The fraction of sp³-hybridized carbons (Fsp3) is 0.222. The number of H-pyrrole nitrogens is 1. The second-order valence-electron chi connectivity index (χ2n) is 3.02. The molecule has 0 saturated heterocycles. The number of nitrogens with one attached hydrogen (secondary N) is 2. The molecule has 1 heterocycles. The summed E-state index contributed by atoms with van der Waals surface area (Å²) in [6.07, 6.45) is 1.33. The van der Waals surface area contributed by atoms with E-state index in [1.165, 1.54) is 6.20 Å². The maximum Gasteiger partial charge on any atom is 0.339 e. The molecule has 0 unspecified atom stereocenters. The highest BCUT2D eigenvalue weighted by Gasteiger charge is 2.18. The standard InChI is InChI=1S/C9H10N2O4/c1-4-7(9(14)15)6(3-10-4)11-8(13)5(2)12/h3,10H,1-2H3,(H,11,13)(H,14,15). The fourth-order valence-corrected chi connectivity index (χ4v) is 1.11. The third kappa shape index (κ3) is 2.22. The number of carbonyl (C=O) groups is 3. The number of aryl methyl sites for hydroxylation is 1. The lowest BCUT2D eigenvalue weighted by atomic mass is 10.2. The molecule has 3 N–H and O–H groups in total. The van der Waals surface area contributed by atoms with E-state index in [0.29, 0.717) is 5.69 Å². The number of ketones is 1. The Morgan fingerprint density at radius 3 is 2.47 bits per heavy atom. The summed E-state index contributed by atoms with van der Waals surface area (Å²) in [6, 6.07) is 0. The second kappa shape index (κ2) is 3.95. The number of rotatable bonds is 3. The quantitative estimate of drug-likeness (QED) is 0.634. The lowest BCUT2D eigenvalue weighted by molar-refractivity contribution is -0.133. The molecule has 15 heavy (non-hydrogen) atoms. The van der Waals surface area contributed by atoms with Crippen LogP contribution < -0.4 is 5.32 Å². The Morgan fingerprint density at radius 2 is 2.00 bits per heavy atom. The predicted octanol–water partition coefficient (Wildman–Crippen LogP) is 0.549. The van der Waals surface area contributed by atoms with Crippen molar-refractivity contribution in [3.63, 3.8) is 0 Å². The number of aromatic amines is 1. The lowest BCUT2D eigenvalue weighted by Crippen LogP contribution is -2.20. The van der Waals surface area contributed by atoms with Crippen LogP contribution in [0.5, 0.6) is 0 Å². The van der Waals surface area contributed by atoms with Gasteiger partial charge in [-0.1, -0.05) is 0 Å². The zero-order valence-electron chi connectivity index (χ0n) is 8.25. The van der Waals surface area contributed by atoms with Crippen molar-refractivity contribution >= 4 is 23.3 Å². The molecule has 1 rings (SSSR count). The van der Waals surface area contributed by atoms with Crippen molar-refractivity contribution in [1.82, 2.24) is 4.98 Å². The summed E-state index contributed by atoms with van der Waals surface area (Å²) in [5, 5.41) is 11.0. The Morgan fingerprint density at radius 1 is 1.40 bits per heavy atom. The SMILES string of the molecule is CC(=O)C(=O)Nc1c[nH]c(C)c1C(=O)O. The number of aromatic nitrogens is 1. The molecule has 0 radical (unpaired) electrons. The second-order valence-corrected chi connectivity index (χ2v) is 3.02. The highest BCUT2D eigenvalue weighted by Crippen LogP contribution is 2.18. The Hall–Kier alpha value is -2.11. The number of amides is 1. The van der Waals surface area contributed by atoms with E-state index in [-0.39, 0.29) is 11.3 Å². The van der Waals surface area contributed by atoms with Gasteiger partial charge in [-0.2, -0.15) is 0 Å². The van der Waals surface area contributed by atoms with Crippen molar-refractivity contribution in [3.8, 4) is 0 Å². The van der Waals surface area contributed by atoms with Gasteiger partial charge in [-0.15, -0.1) is 0 Å². The molecule has 6 heteroatoms. The highest BCUT2D eigenvalue weighted by molar-refractivity contribution is 6.40. The van der Waals surface area contributed by atoms with E-state index in [1.54, 1.807) is 6.92 Å². The third-order valence-corrected chi connectivity index (χ3v) is 1.86. The molecule has 0 fully saturated rings. The maximum absolute atomic E-state index is 11.0. The number of hydrogen-bond donors (Lipinski definition) is 3. The molecule has 1 aromatic rings. The van der Waals surface area contributed by atoms with E-state index in [9.17, 15) is 14.4 Å². The first-order chi connectivity index (χ1) is 6.93. The van der Waals surface area contributed by atoms with Gasteiger partial charge in [0.15, 0.2) is 0 Å². The molecule has 1 amide bonds. The van der Waals surface area contributed by atoms with Crippen LogP contribution in [0.25, 0.3) is 0 Å². The molecule has 0 spiro atoms. The van der Waals surface area contributed by atoms with Crippen molar-refractivity contribution in [2.24, 2.45) is 0 Å². The molecule has 0 aliphatic carbocycles. The minimum Gasteiger partial charge on any atom is -0.478 e. The van der Waals surface area contributed by atoms with Gasteiger partial charge in [0.2, 0.25) is 5.78 Å². The average molecular weight is 210 g/mol. The number of carboxylic acid groups (broad SMARTS) is 1. The van der Waals surface area contributed by atoms with Gasteiger partial charge in [0.05, 0.1) is 5.69 Å². The normalized spacial score (nSPS) is 9.73. The van der Waals surface area contributed by atoms with Crippen LogP contribution in [-0.2, 0) is 9.59 Å². The molecule has 80 valence electrons. The minimum atomic E-state index is -1.16. The first-order valence-electron chi connectivity index (χ1n) is 4.16. The summed E-state index contributed by atoms with van der Waals surface area (Å²) in [4.78, 5) is 35.2. The van der Waals surface area contributed by atoms with Gasteiger partial charge in [0.1, 0.15) is 5.56 Å². The van der Waals surface area contributed by atoms with E-state index in [1.807, 2.05) is 0 Å². The van der Waals surface area contributed by atoms with Crippen molar-refractivity contribution < 1.29 is 19.5 Å². The van der Waals surface area contributed by atoms with Crippen LogP contribution in [0.1, 0.15) is 23.0 Å². The number of aromatic carboxylic acids is 1. The zero-order valence-corrected chi connectivity index (χ0v) is 8.25. The molecule has 6 nitrogen and oxygen atoms in total. The summed E-state index contributed by atoms with van der Waals surface area (Å²) in [5.74, 6) is -2.67. The molecular weight excluding hydrogens is 200 g/mol. The summed E-state index contributed by atoms with van der Waals surface area (Å²) >= 11 is 0. The summed E-state index contributed by atoms with van der Waals surface area (Å²) in [6.45, 7) is 2.67. The first-order valence-corrected chi connectivity index (χ1v) is 4.16. The van der Waals surface area contributed by atoms with Crippen molar-refractivity contribution in [2.75, 3.05) is 5.32 Å². The number of hydrogen-bond acceptors (Lipinski definition) is 3. The zero-order chi connectivity index (χ0) is 11.6. The Kier molecular flexibility index (Phi) is 2.89. The van der Waals surface area contributed by atoms with Gasteiger partial charge in [-0.05, 0) is 6.92 Å². The predicted molar refractivity (Wildman–Crippen MR) is 51.8 cm³/mol. The highest BCUT2D eigenvalue weighted by atomic mass is 16.4. The van der Waals surface area contributed by atoms with E-state index in [2.05, 4.69) is 10.3 Å². The minimum absolute atomic E-state index is 0.0374. The first kappa shape index (κ1) is 11.0. The van der Waals surface area contributed by atoms with E-state index in [4.69, 9.17) is 5.11 Å². The smallest absolute Gasteiger partial charge is 0.339 e. The van der Waals surface area contributed by atoms with Crippen molar-refractivity contribution in [1.29, 1.82) is 0 Å². The molecule has 0 aromatic carbocycles. The Balaban J connectivity index is 3.01. The Bertz CT molecular complexity index is 433. The molecule has 0 aliphatic rings. The summed E-state index contributed by atoms with van der Waals surface area (Å²) in [5.41, 5.74) is 0.478. The average Bonchev–Trinajstić information content (AvgIpc) is 2.46. The van der Waals surface area contributed by atoms with Crippen LogP contribution >= 0.6 is 0 Å². The number of carbonyl (C=O) groups excluding carboxylic acids is 2. The van der Waals surface area contributed by atoms with E-state index in [0.717, 1.165) is 6.92 Å². The van der Waals surface area contributed by atoms with Crippen LogP contribution in [0.4, 0.5) is 5.69 Å². The van der Waals surface area contributed by atoms with Gasteiger partial charge < -0.3 is 15.4 Å². The maximum atomic E-state index is 11.0. The van der Waals surface area contributed by atoms with Crippen LogP contribution in [0, 0.1) is 6.92 Å². The third-order valence-electron chi connectivity index (χ3n) is 1.86. The van der Waals surface area contributed by atoms with Gasteiger partial charge in [0, 0.05) is 18.8 Å². The Labute approximate surface area is 85.3 Å². The topological polar surface area (TPSA) is 99.3 Å². The van der Waals surface area contributed by atoms with Gasteiger partial charge in [0.25, 0.3) is 5.91 Å². The van der Waals surface area contributed by atoms with Crippen molar-refractivity contribution in [2.45, 2.75) is 13.8 Å². The van der Waals surface area contributed by atoms with Crippen LogP contribution in [0.2, 0.25) is 0 Å². The summed E-state index contributed by atoms with van der Waals surface area (Å²) in [7, 11) is 0. The van der Waals surface area contributed by atoms with Crippen LogP contribution in [0.15, 0.2) is 6.20 Å². The van der Waals surface area contributed by atoms with Gasteiger partial charge in [-0.3, -0.25) is 9.59 Å². The molecule has 0 saturated carbocycles. The number of anilines is 1. The van der Waals surface area contributed by atoms with Gasteiger partial charge in [-0.25, -0.2) is 4.79 Å². The van der Waals surface area contributed by atoms with E-state index < -0.39 is 17.7 Å². The molecule has 1 aromatic heterocycles. The van der Waals surface area contributed by atoms with Crippen LogP contribution in [-0.4, -0.2) is 27.8 Å². The van der Waals surface area contributed by atoms with Gasteiger partial charge >= 0.3 is 5.97 Å². The number of Topliss-reactive ketones (excluding diaryl/α,β-unsaturated/α-hetero) is 1. The molecule has 0 atom stereocenters.